The summed E-state index contributed by atoms with van der Waals surface area (Å²) in [6, 6.07) is 0. The zero-order valence-electron chi connectivity index (χ0n) is 16.0. The van der Waals surface area contributed by atoms with Crippen LogP contribution in [0.2, 0.25) is 29.0 Å². The quantitative estimate of drug-likeness (QED) is 0.229. The first-order valence-electron chi connectivity index (χ1n) is 8.58. The molecular weight excluding hydrogens is 467 g/mol. The molecule has 0 aromatic rings. The van der Waals surface area contributed by atoms with Gasteiger partial charge in [-0.3, -0.25) is 0 Å². The Labute approximate surface area is 143 Å². The van der Waals surface area contributed by atoms with Gasteiger partial charge < -0.3 is 0 Å². The van der Waals surface area contributed by atoms with E-state index >= 15 is 0 Å². The van der Waals surface area contributed by atoms with Crippen LogP contribution in [0.15, 0.2) is 20.8 Å². The van der Waals surface area contributed by atoms with Crippen LogP contribution in [0.25, 0.3) is 0 Å². The molecule has 0 N–H and O–H groups in total. The van der Waals surface area contributed by atoms with Crippen molar-refractivity contribution in [3.8, 4) is 0 Å². The third kappa shape index (κ3) is 5.76. The van der Waals surface area contributed by atoms with Gasteiger partial charge in [0.15, 0.2) is 0 Å². The summed E-state index contributed by atoms with van der Waals surface area (Å²) in [5.41, 5.74) is 1.73. The molecule has 0 spiro atoms. The molecule has 1 aliphatic rings. The van der Waals surface area contributed by atoms with Gasteiger partial charge in [0.2, 0.25) is 0 Å². The van der Waals surface area contributed by atoms with Crippen molar-refractivity contribution < 1.29 is 20.5 Å². The van der Waals surface area contributed by atoms with E-state index in [1.807, 2.05) is 11.1 Å². The van der Waals surface area contributed by atoms with Crippen molar-refractivity contribution in [3.63, 3.8) is 0 Å². The normalized spacial score (nSPS) is 17.1. The Hall–Kier alpha value is 0.345. The van der Waals surface area contributed by atoms with Gasteiger partial charge >= 0.3 is 144 Å². The molecule has 0 bridgehead atoms. The maximum atomic E-state index is 5.93. The van der Waals surface area contributed by atoms with Gasteiger partial charge in [-0.25, -0.2) is 0 Å². The third-order valence-corrected chi connectivity index (χ3v) is 12.7. The van der Waals surface area contributed by atoms with E-state index in [1.54, 1.807) is 10.8 Å². The number of rotatable bonds is 10. The molecular formula is C19H38OPtSi. The molecule has 0 saturated carbocycles. The molecule has 1 aliphatic carbocycles. The van der Waals surface area contributed by atoms with E-state index in [2.05, 4.69) is 42.0 Å². The van der Waals surface area contributed by atoms with Gasteiger partial charge in [-0.05, 0) is 0 Å². The molecule has 1 rings (SSSR count). The average molecular weight is 506 g/mol. The second-order valence-corrected chi connectivity index (χ2v) is 22.9. The zero-order chi connectivity index (χ0) is 16.8. The average Bonchev–Trinajstić information content (AvgIpc) is 2.87. The van der Waals surface area contributed by atoms with Crippen LogP contribution in [0, 0.1) is 0 Å². The predicted molar refractivity (Wildman–Crippen MR) is 99.8 cm³/mol. The molecule has 0 saturated heterocycles. The molecule has 0 unspecified atom stereocenters. The summed E-state index contributed by atoms with van der Waals surface area (Å²) in [4.78, 5) is 0. The molecule has 0 amide bonds. The molecule has 134 valence electrons. The van der Waals surface area contributed by atoms with Crippen molar-refractivity contribution >= 4 is 8.32 Å². The summed E-state index contributed by atoms with van der Waals surface area (Å²) >= 11 is -1.66. The SMILES string of the molecule is CCCCCCCCC1=[C]([Pt]([CH3])([CH3])[CH3])CC=C1[Si](C)(C)OC. The molecule has 1 nitrogen and oxygen atoms in total. The monoisotopic (exact) mass is 505 g/mol. The van der Waals surface area contributed by atoms with Crippen LogP contribution in [0.1, 0.15) is 58.3 Å². The molecule has 22 heavy (non-hydrogen) atoms. The van der Waals surface area contributed by atoms with Gasteiger partial charge in [0, 0.05) is 0 Å². The Morgan fingerprint density at radius 1 is 1.05 bits per heavy atom. The Morgan fingerprint density at radius 2 is 1.64 bits per heavy atom. The van der Waals surface area contributed by atoms with E-state index in [4.69, 9.17) is 4.43 Å². The van der Waals surface area contributed by atoms with Crippen molar-refractivity contribution in [3.05, 3.63) is 20.8 Å². The zero-order valence-corrected chi connectivity index (χ0v) is 19.2. The van der Waals surface area contributed by atoms with Gasteiger partial charge in [-0.1, -0.05) is 0 Å². The van der Waals surface area contributed by atoms with Gasteiger partial charge in [0.1, 0.15) is 0 Å². The first kappa shape index (κ1) is 20.4. The van der Waals surface area contributed by atoms with E-state index in [-0.39, 0.29) is 0 Å². The van der Waals surface area contributed by atoms with Crippen LogP contribution >= 0.6 is 0 Å². The fourth-order valence-electron chi connectivity index (χ4n) is 3.11. The first-order chi connectivity index (χ1) is 10.2. The summed E-state index contributed by atoms with van der Waals surface area (Å²) < 4.78 is 7.77. The fraction of sp³-hybridized carbons (Fsp3) is 0.789. The molecule has 0 radical (unpaired) electrons. The van der Waals surface area contributed by atoms with Crippen molar-refractivity contribution in [2.45, 2.75) is 87.3 Å². The molecule has 0 aromatic carbocycles. The van der Waals surface area contributed by atoms with Crippen molar-refractivity contribution in [1.82, 2.24) is 0 Å². The number of allylic oxidation sites excluding steroid dienone is 4. The van der Waals surface area contributed by atoms with Gasteiger partial charge in [0.25, 0.3) is 0 Å². The molecule has 0 fully saturated rings. The van der Waals surface area contributed by atoms with Crippen molar-refractivity contribution in [2.75, 3.05) is 7.11 Å². The molecule has 3 heteroatoms. The van der Waals surface area contributed by atoms with Crippen LogP contribution in [-0.4, -0.2) is 15.4 Å². The maximum absolute atomic E-state index is 5.93. The van der Waals surface area contributed by atoms with Crippen LogP contribution < -0.4 is 0 Å². The molecule has 0 atom stereocenters. The van der Waals surface area contributed by atoms with Crippen LogP contribution in [0.4, 0.5) is 0 Å². The number of unbranched alkanes of at least 4 members (excludes halogenated alkanes) is 5. The third-order valence-electron chi connectivity index (χ3n) is 4.62. The van der Waals surface area contributed by atoms with E-state index in [0.29, 0.717) is 0 Å². The molecule has 0 heterocycles. The second kappa shape index (κ2) is 8.99. The summed E-state index contributed by atoms with van der Waals surface area (Å²) in [5, 5.41) is 9.25. The topological polar surface area (TPSA) is 9.23 Å². The van der Waals surface area contributed by atoms with Crippen molar-refractivity contribution in [1.29, 1.82) is 0 Å². The Bertz CT molecular complexity index is 416. The Kier molecular flexibility index (Phi) is 8.33. The summed E-state index contributed by atoms with van der Waals surface area (Å²) in [6.07, 6.45) is 13.4. The van der Waals surface area contributed by atoms with Crippen molar-refractivity contribution in [2.24, 2.45) is 0 Å². The first-order valence-corrected chi connectivity index (χ1v) is 19.4. The minimum atomic E-state index is -1.68. The summed E-state index contributed by atoms with van der Waals surface area (Å²) in [7, 11) is 0.231. The van der Waals surface area contributed by atoms with E-state index in [9.17, 15) is 0 Å². The Balaban J connectivity index is 2.75. The van der Waals surface area contributed by atoms with Crippen LogP contribution in [0.3, 0.4) is 0 Å². The summed E-state index contributed by atoms with van der Waals surface area (Å²) in [6.45, 7) is 7.01. The number of hydrogen-bond acceptors (Lipinski definition) is 1. The van der Waals surface area contributed by atoms with Gasteiger partial charge in [0.05, 0.1) is 0 Å². The van der Waals surface area contributed by atoms with Crippen LogP contribution in [-0.2, 0) is 20.5 Å². The van der Waals surface area contributed by atoms with Crippen LogP contribution in [0.5, 0.6) is 0 Å². The summed E-state index contributed by atoms with van der Waals surface area (Å²) in [5.74, 6) is 0. The van der Waals surface area contributed by atoms with E-state index in [1.165, 1.54) is 51.4 Å². The predicted octanol–water partition coefficient (Wildman–Crippen LogP) is 7.01. The Morgan fingerprint density at radius 3 is 2.18 bits per heavy atom. The van der Waals surface area contributed by atoms with E-state index in [0.717, 1.165) is 0 Å². The molecule has 0 aromatic heterocycles. The van der Waals surface area contributed by atoms with Gasteiger partial charge in [-0.15, -0.1) is 0 Å². The fourth-order valence-corrected chi connectivity index (χ4v) is 9.46. The standard InChI is InChI=1S/C16H29OSi.3CH3.Pt/c1-5-6-7-8-9-10-12-15-13-11-14-16(15)18(3,4)17-2;;;;/h14H,5-12H2,1-4H3;3*1H3;. The second-order valence-electron chi connectivity index (χ2n) is 7.32. The van der Waals surface area contributed by atoms with E-state index < -0.39 is 24.4 Å². The number of hydrogen-bond donors (Lipinski definition) is 0. The molecule has 0 aliphatic heterocycles. The van der Waals surface area contributed by atoms with Gasteiger partial charge in [-0.2, -0.15) is 0 Å². The minimum absolute atomic E-state index is 1.22.